The van der Waals surface area contributed by atoms with Crippen molar-refractivity contribution >= 4 is 6.29 Å². The standard InChI is InChI=1S/C7H14NO/c1-3-5-7(6-9)8-4-2/h7-8H,3-5H2,1-2H3. The van der Waals surface area contributed by atoms with Gasteiger partial charge in [0.25, 0.3) is 0 Å². The number of carbonyl (C=O) groups excluding carboxylic acids is 1. The molecule has 0 bridgehead atoms. The van der Waals surface area contributed by atoms with Gasteiger partial charge in [0.1, 0.15) is 0 Å². The summed E-state index contributed by atoms with van der Waals surface area (Å²) in [7, 11) is 0. The monoisotopic (exact) mass is 128 g/mol. The van der Waals surface area contributed by atoms with Crippen molar-refractivity contribution in [3.05, 3.63) is 0 Å². The van der Waals surface area contributed by atoms with Gasteiger partial charge in [0.05, 0.1) is 6.04 Å². The molecule has 53 valence electrons. The van der Waals surface area contributed by atoms with Gasteiger partial charge in [-0.25, -0.2) is 0 Å². The number of nitrogens with one attached hydrogen (secondary N) is 1. The second-order valence-corrected chi connectivity index (χ2v) is 2.02. The highest BCUT2D eigenvalue weighted by Gasteiger charge is 2.02. The van der Waals surface area contributed by atoms with Gasteiger partial charge in [-0.05, 0) is 13.0 Å². The van der Waals surface area contributed by atoms with Gasteiger partial charge in [-0.3, -0.25) is 4.79 Å². The smallest absolute Gasteiger partial charge is 0.216 e. The van der Waals surface area contributed by atoms with Crippen molar-refractivity contribution in [3.8, 4) is 0 Å². The molecule has 1 atom stereocenters. The summed E-state index contributed by atoms with van der Waals surface area (Å²) in [5.41, 5.74) is 0. The topological polar surface area (TPSA) is 29.1 Å². The predicted octanol–water partition coefficient (Wildman–Crippen LogP) is 0.874. The number of likely N-dealkylation sites (N-methyl/N-ethyl adjacent to an activating group) is 1. The first-order valence-electron chi connectivity index (χ1n) is 3.46. The fourth-order valence-corrected chi connectivity index (χ4v) is 0.738. The molecular weight excluding hydrogens is 114 g/mol. The SMILES string of the molecule is CCCC([C]=O)NCC. The molecule has 0 saturated heterocycles. The van der Waals surface area contributed by atoms with Crippen LogP contribution in [0.3, 0.4) is 0 Å². The highest BCUT2D eigenvalue weighted by molar-refractivity contribution is 5.58. The van der Waals surface area contributed by atoms with E-state index in [0.717, 1.165) is 19.4 Å². The lowest BCUT2D eigenvalue weighted by Crippen LogP contribution is -2.29. The Morgan fingerprint density at radius 3 is 2.56 bits per heavy atom. The maximum absolute atomic E-state index is 10.1. The molecule has 9 heavy (non-hydrogen) atoms. The Labute approximate surface area is 56.6 Å². The van der Waals surface area contributed by atoms with Gasteiger partial charge in [-0.1, -0.05) is 20.3 Å². The van der Waals surface area contributed by atoms with Crippen molar-refractivity contribution in [1.82, 2.24) is 5.32 Å². The second kappa shape index (κ2) is 5.76. The van der Waals surface area contributed by atoms with E-state index in [1.54, 1.807) is 0 Å². The molecule has 0 aliphatic heterocycles. The summed E-state index contributed by atoms with van der Waals surface area (Å²) in [5, 5.41) is 3.01. The zero-order valence-electron chi connectivity index (χ0n) is 6.11. The van der Waals surface area contributed by atoms with E-state index in [9.17, 15) is 4.79 Å². The van der Waals surface area contributed by atoms with Gasteiger partial charge < -0.3 is 5.32 Å². The maximum atomic E-state index is 10.1. The van der Waals surface area contributed by atoms with Crippen molar-refractivity contribution in [1.29, 1.82) is 0 Å². The fraction of sp³-hybridized carbons (Fsp3) is 0.857. The molecular formula is C7H14NO. The van der Waals surface area contributed by atoms with Crippen LogP contribution in [0.5, 0.6) is 0 Å². The first kappa shape index (κ1) is 8.63. The molecule has 0 rings (SSSR count). The lowest BCUT2D eigenvalue weighted by atomic mass is 10.2. The van der Waals surface area contributed by atoms with E-state index < -0.39 is 0 Å². The molecule has 0 aliphatic carbocycles. The molecule has 1 unspecified atom stereocenters. The first-order chi connectivity index (χ1) is 4.35. The minimum absolute atomic E-state index is 0.0417. The van der Waals surface area contributed by atoms with Crippen molar-refractivity contribution in [2.24, 2.45) is 0 Å². The first-order valence-corrected chi connectivity index (χ1v) is 3.46. The van der Waals surface area contributed by atoms with E-state index in [-0.39, 0.29) is 6.04 Å². The van der Waals surface area contributed by atoms with Gasteiger partial charge in [0, 0.05) is 0 Å². The Kier molecular flexibility index (Phi) is 5.52. The quantitative estimate of drug-likeness (QED) is 0.595. The summed E-state index contributed by atoms with van der Waals surface area (Å²) in [4.78, 5) is 10.1. The average molecular weight is 128 g/mol. The Morgan fingerprint density at radius 1 is 1.56 bits per heavy atom. The minimum Gasteiger partial charge on any atom is -0.307 e. The third-order valence-electron chi connectivity index (χ3n) is 1.17. The predicted molar refractivity (Wildman–Crippen MR) is 38.1 cm³/mol. The minimum atomic E-state index is -0.0417. The lowest BCUT2D eigenvalue weighted by molar-refractivity contribution is 0.504. The molecule has 0 fully saturated rings. The van der Waals surface area contributed by atoms with Crippen molar-refractivity contribution < 1.29 is 4.79 Å². The third kappa shape index (κ3) is 4.15. The highest BCUT2D eigenvalue weighted by atomic mass is 16.1. The summed E-state index contributed by atoms with van der Waals surface area (Å²) in [6, 6.07) is -0.0417. The summed E-state index contributed by atoms with van der Waals surface area (Å²) in [6.07, 6.45) is 3.88. The van der Waals surface area contributed by atoms with Crippen LogP contribution in [0.25, 0.3) is 0 Å². The van der Waals surface area contributed by atoms with Crippen LogP contribution in [0, 0.1) is 0 Å². The molecule has 0 aliphatic rings. The van der Waals surface area contributed by atoms with Crippen LogP contribution in [0.4, 0.5) is 0 Å². The molecule has 0 heterocycles. The zero-order chi connectivity index (χ0) is 7.11. The summed E-state index contributed by atoms with van der Waals surface area (Å²) in [5.74, 6) is 0. The van der Waals surface area contributed by atoms with Gasteiger partial charge in [-0.2, -0.15) is 0 Å². The van der Waals surface area contributed by atoms with E-state index in [4.69, 9.17) is 0 Å². The molecule has 1 N–H and O–H groups in total. The molecule has 0 spiro atoms. The summed E-state index contributed by atoms with van der Waals surface area (Å²) >= 11 is 0. The zero-order valence-corrected chi connectivity index (χ0v) is 6.11. The molecule has 2 heteroatoms. The molecule has 0 aromatic heterocycles. The van der Waals surface area contributed by atoms with Gasteiger partial charge >= 0.3 is 0 Å². The molecule has 1 radical (unpaired) electrons. The van der Waals surface area contributed by atoms with Crippen LogP contribution in [0.1, 0.15) is 26.7 Å². The van der Waals surface area contributed by atoms with E-state index in [1.807, 2.05) is 13.2 Å². The largest absolute Gasteiger partial charge is 0.307 e. The number of hydrogen-bond acceptors (Lipinski definition) is 2. The molecule has 0 amide bonds. The van der Waals surface area contributed by atoms with Crippen LogP contribution in [0.2, 0.25) is 0 Å². The van der Waals surface area contributed by atoms with Crippen LogP contribution in [-0.4, -0.2) is 18.9 Å². The van der Waals surface area contributed by atoms with Crippen LogP contribution < -0.4 is 5.32 Å². The molecule has 0 aromatic rings. The Morgan fingerprint density at radius 2 is 2.22 bits per heavy atom. The van der Waals surface area contributed by atoms with E-state index in [0.29, 0.717) is 0 Å². The normalized spacial score (nSPS) is 13.1. The van der Waals surface area contributed by atoms with Gasteiger partial charge in [0.15, 0.2) is 0 Å². The average Bonchev–Trinajstić information content (AvgIpc) is 1.88. The summed E-state index contributed by atoms with van der Waals surface area (Å²) in [6.45, 7) is 4.89. The lowest BCUT2D eigenvalue weighted by Gasteiger charge is -2.06. The Hall–Kier alpha value is -0.370. The molecule has 2 nitrogen and oxygen atoms in total. The van der Waals surface area contributed by atoms with Crippen molar-refractivity contribution in [2.45, 2.75) is 32.7 Å². The number of rotatable bonds is 5. The van der Waals surface area contributed by atoms with Gasteiger partial charge in [0.2, 0.25) is 6.29 Å². The van der Waals surface area contributed by atoms with E-state index in [1.165, 1.54) is 0 Å². The van der Waals surface area contributed by atoms with Crippen molar-refractivity contribution in [3.63, 3.8) is 0 Å². The van der Waals surface area contributed by atoms with Crippen LogP contribution in [0.15, 0.2) is 0 Å². The molecule has 0 saturated carbocycles. The van der Waals surface area contributed by atoms with Crippen LogP contribution >= 0.6 is 0 Å². The maximum Gasteiger partial charge on any atom is 0.216 e. The second-order valence-electron chi connectivity index (χ2n) is 2.02. The van der Waals surface area contributed by atoms with Crippen LogP contribution in [-0.2, 0) is 4.79 Å². The Bertz CT molecular complexity index is 67.3. The summed E-state index contributed by atoms with van der Waals surface area (Å²) < 4.78 is 0. The fourth-order valence-electron chi connectivity index (χ4n) is 0.738. The van der Waals surface area contributed by atoms with Crippen molar-refractivity contribution in [2.75, 3.05) is 6.54 Å². The van der Waals surface area contributed by atoms with Gasteiger partial charge in [-0.15, -0.1) is 0 Å². The van der Waals surface area contributed by atoms with E-state index in [2.05, 4.69) is 12.2 Å². The third-order valence-corrected chi connectivity index (χ3v) is 1.17. The Balaban J connectivity index is 3.29. The number of hydrogen-bond donors (Lipinski definition) is 1. The molecule has 0 aromatic carbocycles. The highest BCUT2D eigenvalue weighted by Crippen LogP contribution is 1.91. The van der Waals surface area contributed by atoms with E-state index >= 15 is 0 Å².